The van der Waals surface area contributed by atoms with E-state index in [1.54, 1.807) is 4.57 Å². The minimum Gasteiger partial charge on any atom is -0.311 e. The lowest BCUT2D eigenvalue weighted by Crippen LogP contribution is -2.22. The van der Waals surface area contributed by atoms with Gasteiger partial charge in [-0.2, -0.15) is 8.42 Å². The largest absolute Gasteiger partial charge is 0.311 e. The molecule has 0 bridgehead atoms. The van der Waals surface area contributed by atoms with Crippen molar-refractivity contribution in [3.8, 4) is 0 Å². The van der Waals surface area contributed by atoms with Crippen molar-refractivity contribution in [3.05, 3.63) is 23.0 Å². The highest BCUT2D eigenvalue weighted by Gasteiger charge is 2.21. The summed E-state index contributed by atoms with van der Waals surface area (Å²) in [6, 6.07) is -0.288. The van der Waals surface area contributed by atoms with E-state index in [0.29, 0.717) is 5.65 Å². The molecule has 9 heteroatoms. The molecule has 0 spiro atoms. The summed E-state index contributed by atoms with van der Waals surface area (Å²) >= 11 is 0. The fourth-order valence-electron chi connectivity index (χ4n) is 1.89. The Morgan fingerprint density at radius 1 is 1.40 bits per heavy atom. The predicted molar refractivity (Wildman–Crippen MR) is 72.8 cm³/mol. The maximum absolute atomic E-state index is 11.6. The van der Waals surface area contributed by atoms with E-state index < -0.39 is 10.1 Å². The third-order valence-corrected chi connectivity index (χ3v) is 3.51. The van der Waals surface area contributed by atoms with Crippen LogP contribution in [0.25, 0.3) is 11.2 Å². The van der Waals surface area contributed by atoms with Gasteiger partial charge in [-0.25, -0.2) is 9.97 Å². The molecule has 0 saturated carbocycles. The Hall–Kier alpha value is -1.74. The van der Waals surface area contributed by atoms with E-state index in [4.69, 9.17) is 4.18 Å². The van der Waals surface area contributed by atoms with Gasteiger partial charge in [0.25, 0.3) is 15.7 Å². The number of aromatic nitrogens is 4. The van der Waals surface area contributed by atoms with Crippen LogP contribution in [0.3, 0.4) is 0 Å². The first-order valence-electron chi connectivity index (χ1n) is 6.04. The van der Waals surface area contributed by atoms with E-state index in [2.05, 4.69) is 15.0 Å². The molecule has 1 atom stereocenters. The van der Waals surface area contributed by atoms with Crippen LogP contribution in [0.15, 0.2) is 17.4 Å². The quantitative estimate of drug-likeness (QED) is 0.795. The van der Waals surface area contributed by atoms with Crippen LogP contribution in [-0.2, 0) is 14.3 Å². The van der Waals surface area contributed by atoms with Gasteiger partial charge in [-0.15, -0.1) is 0 Å². The SMILES string of the molecule is CC(C)C(COS(C)(=O)=O)n1cnc2c(=O)[nH]cnc21. The van der Waals surface area contributed by atoms with Gasteiger partial charge in [0.05, 0.1) is 31.6 Å². The van der Waals surface area contributed by atoms with Crippen molar-refractivity contribution >= 4 is 21.3 Å². The summed E-state index contributed by atoms with van der Waals surface area (Å²) in [5.41, 5.74) is 0.294. The maximum Gasteiger partial charge on any atom is 0.278 e. The van der Waals surface area contributed by atoms with Crippen molar-refractivity contribution in [2.75, 3.05) is 12.9 Å². The molecule has 0 aliphatic rings. The highest BCUT2D eigenvalue weighted by molar-refractivity contribution is 7.85. The lowest BCUT2D eigenvalue weighted by Gasteiger charge is -2.21. The van der Waals surface area contributed by atoms with Gasteiger partial charge in [-0.05, 0) is 5.92 Å². The third kappa shape index (κ3) is 3.05. The van der Waals surface area contributed by atoms with Crippen LogP contribution in [0.1, 0.15) is 19.9 Å². The maximum atomic E-state index is 11.6. The van der Waals surface area contributed by atoms with Crippen LogP contribution in [0.4, 0.5) is 0 Å². The monoisotopic (exact) mass is 300 g/mol. The smallest absolute Gasteiger partial charge is 0.278 e. The minimum atomic E-state index is -3.53. The third-order valence-electron chi connectivity index (χ3n) is 2.94. The predicted octanol–water partition coefficient (Wildman–Crippen LogP) is 0.293. The molecule has 8 nitrogen and oxygen atoms in total. The van der Waals surface area contributed by atoms with Crippen molar-refractivity contribution in [1.82, 2.24) is 19.5 Å². The number of rotatable bonds is 5. The van der Waals surface area contributed by atoms with Gasteiger partial charge in [-0.1, -0.05) is 13.8 Å². The van der Waals surface area contributed by atoms with Crippen LogP contribution < -0.4 is 5.56 Å². The molecular weight excluding hydrogens is 284 g/mol. The highest BCUT2D eigenvalue weighted by atomic mass is 32.2. The summed E-state index contributed by atoms with van der Waals surface area (Å²) < 4.78 is 28.8. The summed E-state index contributed by atoms with van der Waals surface area (Å²) in [6.45, 7) is 3.82. The van der Waals surface area contributed by atoms with Gasteiger partial charge in [0.1, 0.15) is 0 Å². The number of fused-ring (bicyclic) bond motifs is 1. The molecular formula is C11H16N4O4S. The van der Waals surface area contributed by atoms with Crippen LogP contribution in [0.2, 0.25) is 0 Å². The topological polar surface area (TPSA) is 107 Å². The van der Waals surface area contributed by atoms with Crippen molar-refractivity contribution in [2.24, 2.45) is 5.92 Å². The second kappa shape index (κ2) is 5.33. The fraction of sp³-hybridized carbons (Fsp3) is 0.545. The zero-order chi connectivity index (χ0) is 14.9. The van der Waals surface area contributed by atoms with Crippen LogP contribution in [0, 0.1) is 5.92 Å². The van der Waals surface area contributed by atoms with Crippen LogP contribution in [0.5, 0.6) is 0 Å². The fourth-order valence-corrected chi connectivity index (χ4v) is 2.28. The number of aromatic amines is 1. The number of hydrogen-bond donors (Lipinski definition) is 1. The molecule has 0 amide bonds. The van der Waals surface area contributed by atoms with Gasteiger partial charge < -0.3 is 9.55 Å². The van der Waals surface area contributed by atoms with E-state index in [-0.39, 0.29) is 29.6 Å². The molecule has 2 aromatic heterocycles. The van der Waals surface area contributed by atoms with Crippen molar-refractivity contribution in [3.63, 3.8) is 0 Å². The molecule has 2 heterocycles. The van der Waals surface area contributed by atoms with Gasteiger partial charge in [0.2, 0.25) is 0 Å². The second-order valence-electron chi connectivity index (χ2n) is 4.86. The molecule has 0 fully saturated rings. The van der Waals surface area contributed by atoms with Gasteiger partial charge in [-0.3, -0.25) is 8.98 Å². The standard InChI is InChI=1S/C11H16N4O4S/c1-7(2)8(4-19-20(3,17)18)15-6-14-9-10(15)12-5-13-11(9)16/h5-8H,4H2,1-3H3,(H,12,13,16). The lowest BCUT2D eigenvalue weighted by atomic mass is 10.1. The van der Waals surface area contributed by atoms with E-state index in [1.165, 1.54) is 12.7 Å². The van der Waals surface area contributed by atoms with Crippen molar-refractivity contribution in [1.29, 1.82) is 0 Å². The second-order valence-corrected chi connectivity index (χ2v) is 6.50. The molecule has 0 aliphatic carbocycles. The molecule has 2 rings (SSSR count). The Bertz CT molecular complexity index is 762. The number of imidazole rings is 1. The van der Waals surface area contributed by atoms with Crippen LogP contribution in [-0.4, -0.2) is 40.8 Å². The lowest BCUT2D eigenvalue weighted by molar-refractivity contribution is 0.221. The summed E-state index contributed by atoms with van der Waals surface area (Å²) in [5.74, 6) is 0.0789. The first-order valence-corrected chi connectivity index (χ1v) is 7.86. The molecule has 0 saturated heterocycles. The van der Waals surface area contributed by atoms with Gasteiger partial charge >= 0.3 is 0 Å². The zero-order valence-corrected chi connectivity index (χ0v) is 12.2. The number of nitrogens with one attached hydrogen (secondary N) is 1. The molecule has 2 aromatic rings. The molecule has 110 valence electrons. The van der Waals surface area contributed by atoms with E-state index in [1.807, 2.05) is 13.8 Å². The van der Waals surface area contributed by atoms with E-state index in [0.717, 1.165) is 6.26 Å². The summed E-state index contributed by atoms with van der Waals surface area (Å²) in [6.07, 6.45) is 3.76. The molecule has 1 N–H and O–H groups in total. The van der Waals surface area contributed by atoms with Crippen molar-refractivity contribution in [2.45, 2.75) is 19.9 Å². The number of hydrogen-bond acceptors (Lipinski definition) is 6. The summed E-state index contributed by atoms with van der Waals surface area (Å²) in [4.78, 5) is 22.2. The zero-order valence-electron chi connectivity index (χ0n) is 11.4. The Labute approximate surface area is 115 Å². The van der Waals surface area contributed by atoms with E-state index in [9.17, 15) is 13.2 Å². The molecule has 0 aromatic carbocycles. The van der Waals surface area contributed by atoms with Crippen molar-refractivity contribution < 1.29 is 12.6 Å². The minimum absolute atomic E-state index is 0.0313. The first kappa shape index (κ1) is 14.7. The average molecular weight is 300 g/mol. The van der Waals surface area contributed by atoms with Crippen LogP contribution >= 0.6 is 0 Å². The number of H-pyrrole nitrogens is 1. The summed E-state index contributed by atoms with van der Waals surface area (Å²) in [5, 5.41) is 0. The average Bonchev–Trinajstić information content (AvgIpc) is 2.73. The Morgan fingerprint density at radius 2 is 2.10 bits per heavy atom. The normalized spacial score (nSPS) is 14.0. The Morgan fingerprint density at radius 3 is 2.70 bits per heavy atom. The van der Waals surface area contributed by atoms with Gasteiger partial charge in [0, 0.05) is 0 Å². The van der Waals surface area contributed by atoms with Gasteiger partial charge in [0.15, 0.2) is 11.2 Å². The Balaban J connectivity index is 2.42. The van der Waals surface area contributed by atoms with E-state index >= 15 is 0 Å². The highest BCUT2D eigenvalue weighted by Crippen LogP contribution is 2.21. The molecule has 0 radical (unpaired) electrons. The number of nitrogens with zero attached hydrogens (tertiary/aromatic N) is 3. The molecule has 0 aliphatic heterocycles. The summed E-state index contributed by atoms with van der Waals surface area (Å²) in [7, 11) is -3.53. The Kier molecular flexibility index (Phi) is 3.91. The molecule has 20 heavy (non-hydrogen) atoms. The first-order chi connectivity index (χ1) is 9.29. The molecule has 1 unspecified atom stereocenters.